The molecule has 0 bridgehead atoms. The summed E-state index contributed by atoms with van der Waals surface area (Å²) in [6.07, 6.45) is 0.843. The van der Waals surface area contributed by atoms with Crippen LogP contribution in [0.1, 0.15) is 30.8 Å². The van der Waals surface area contributed by atoms with Gasteiger partial charge in [-0.3, -0.25) is 16.0 Å². The number of hydrogen-bond acceptors (Lipinski definition) is 3. The van der Waals surface area contributed by atoms with E-state index < -0.39 is 0 Å². The molecule has 1 aromatic heterocycles. The van der Waals surface area contributed by atoms with E-state index in [0.717, 1.165) is 12.1 Å². The summed E-state index contributed by atoms with van der Waals surface area (Å²) >= 11 is 0. The van der Waals surface area contributed by atoms with Gasteiger partial charge in [-0.15, -0.1) is 0 Å². The van der Waals surface area contributed by atoms with Crippen LogP contribution in [0.5, 0.6) is 0 Å². The van der Waals surface area contributed by atoms with Crippen LogP contribution in [-0.2, 0) is 18.9 Å². The Labute approximate surface area is 121 Å². The number of aryl methyl sites for hydroxylation is 2. The van der Waals surface area contributed by atoms with Gasteiger partial charge in [0.25, 0.3) is 0 Å². The monoisotopic (exact) mass is 272 g/mol. The molecule has 0 aliphatic heterocycles. The molecule has 2 rings (SSSR count). The predicted molar refractivity (Wildman–Crippen MR) is 82.2 cm³/mol. The minimum absolute atomic E-state index is 0.0613. The number of nitrogens with two attached hydrogens (primary N) is 1. The summed E-state index contributed by atoms with van der Waals surface area (Å²) in [7, 11) is 1.98. The van der Waals surface area contributed by atoms with Crippen LogP contribution in [0, 0.1) is 6.92 Å². The lowest BCUT2D eigenvalue weighted by atomic mass is 9.76. The van der Waals surface area contributed by atoms with Crippen molar-refractivity contribution >= 4 is 0 Å². The van der Waals surface area contributed by atoms with Crippen molar-refractivity contribution in [2.75, 3.05) is 0 Å². The minimum atomic E-state index is -0.0613. The highest BCUT2D eigenvalue weighted by Crippen LogP contribution is 2.28. The van der Waals surface area contributed by atoms with Crippen LogP contribution in [0.25, 0.3) is 0 Å². The first-order chi connectivity index (χ1) is 9.45. The molecule has 0 radical (unpaired) electrons. The summed E-state index contributed by atoms with van der Waals surface area (Å²) in [6, 6.07) is 12.7. The van der Waals surface area contributed by atoms with Gasteiger partial charge in [0.15, 0.2) is 0 Å². The van der Waals surface area contributed by atoms with Crippen molar-refractivity contribution in [3.05, 3.63) is 53.3 Å². The lowest BCUT2D eigenvalue weighted by Gasteiger charge is -2.34. The molecule has 2 aromatic rings. The van der Waals surface area contributed by atoms with Gasteiger partial charge in [-0.25, -0.2) is 0 Å². The van der Waals surface area contributed by atoms with Crippen molar-refractivity contribution in [3.63, 3.8) is 0 Å². The zero-order valence-corrected chi connectivity index (χ0v) is 12.7. The first-order valence-corrected chi connectivity index (χ1v) is 6.96. The SMILES string of the molecule is Cc1cc(CC(NN)C(C)(C)c2ccccc2)n(C)n1. The maximum atomic E-state index is 5.82. The maximum absolute atomic E-state index is 5.82. The molecule has 1 unspecified atom stereocenters. The highest BCUT2D eigenvalue weighted by Gasteiger charge is 2.31. The van der Waals surface area contributed by atoms with E-state index in [-0.39, 0.29) is 11.5 Å². The Balaban J connectivity index is 2.26. The summed E-state index contributed by atoms with van der Waals surface area (Å²) in [6.45, 7) is 6.45. The molecular formula is C16H24N4. The molecule has 0 saturated heterocycles. The number of benzene rings is 1. The minimum Gasteiger partial charge on any atom is -0.272 e. The third kappa shape index (κ3) is 2.92. The van der Waals surface area contributed by atoms with Crippen LogP contribution in [0.15, 0.2) is 36.4 Å². The largest absolute Gasteiger partial charge is 0.272 e. The van der Waals surface area contributed by atoms with Crippen molar-refractivity contribution in [1.29, 1.82) is 0 Å². The quantitative estimate of drug-likeness (QED) is 0.647. The molecule has 0 saturated carbocycles. The molecule has 108 valence electrons. The Bertz CT molecular complexity index is 557. The average molecular weight is 272 g/mol. The van der Waals surface area contributed by atoms with Gasteiger partial charge in [-0.2, -0.15) is 5.10 Å². The highest BCUT2D eigenvalue weighted by molar-refractivity contribution is 5.27. The Morgan fingerprint density at radius 2 is 1.95 bits per heavy atom. The van der Waals surface area contributed by atoms with E-state index in [0.29, 0.717) is 0 Å². The van der Waals surface area contributed by atoms with E-state index in [1.54, 1.807) is 0 Å². The number of rotatable bonds is 5. The summed E-state index contributed by atoms with van der Waals surface area (Å²) in [5.41, 5.74) is 6.43. The number of nitrogens with one attached hydrogen (secondary N) is 1. The molecule has 1 heterocycles. The van der Waals surface area contributed by atoms with Gasteiger partial charge in [-0.05, 0) is 18.6 Å². The molecule has 4 heteroatoms. The fourth-order valence-corrected chi connectivity index (χ4v) is 2.66. The molecule has 0 aliphatic carbocycles. The van der Waals surface area contributed by atoms with Gasteiger partial charge in [0.2, 0.25) is 0 Å². The van der Waals surface area contributed by atoms with Gasteiger partial charge in [0.05, 0.1) is 5.69 Å². The van der Waals surface area contributed by atoms with Gasteiger partial charge in [0, 0.05) is 30.6 Å². The summed E-state index contributed by atoms with van der Waals surface area (Å²) in [5, 5.41) is 4.40. The van der Waals surface area contributed by atoms with Crippen LogP contribution in [0.2, 0.25) is 0 Å². The Morgan fingerprint density at radius 3 is 2.45 bits per heavy atom. The fourth-order valence-electron chi connectivity index (χ4n) is 2.66. The molecule has 3 N–H and O–H groups in total. The first-order valence-electron chi connectivity index (χ1n) is 6.96. The van der Waals surface area contributed by atoms with Crippen LogP contribution >= 0.6 is 0 Å². The molecule has 1 atom stereocenters. The number of aromatic nitrogens is 2. The topological polar surface area (TPSA) is 55.9 Å². The molecule has 0 spiro atoms. The highest BCUT2D eigenvalue weighted by atomic mass is 15.3. The van der Waals surface area contributed by atoms with E-state index in [4.69, 9.17) is 5.84 Å². The lowest BCUT2D eigenvalue weighted by Crippen LogP contribution is -2.49. The molecule has 20 heavy (non-hydrogen) atoms. The van der Waals surface area contributed by atoms with Crippen molar-refractivity contribution in [2.24, 2.45) is 12.9 Å². The first kappa shape index (κ1) is 14.8. The fraction of sp³-hybridized carbons (Fsp3) is 0.438. The normalized spacial score (nSPS) is 13.4. The van der Waals surface area contributed by atoms with E-state index >= 15 is 0 Å². The maximum Gasteiger partial charge on any atom is 0.0596 e. The van der Waals surface area contributed by atoms with Crippen molar-refractivity contribution in [3.8, 4) is 0 Å². The van der Waals surface area contributed by atoms with Crippen LogP contribution < -0.4 is 11.3 Å². The summed E-state index contributed by atoms with van der Waals surface area (Å²) < 4.78 is 1.93. The molecular weight excluding hydrogens is 248 g/mol. The average Bonchev–Trinajstić information content (AvgIpc) is 2.75. The van der Waals surface area contributed by atoms with Crippen molar-refractivity contribution < 1.29 is 0 Å². The third-order valence-corrected chi connectivity index (χ3v) is 4.10. The van der Waals surface area contributed by atoms with E-state index in [2.05, 4.69) is 54.7 Å². The molecule has 1 aromatic carbocycles. The van der Waals surface area contributed by atoms with E-state index in [1.807, 2.05) is 24.7 Å². The lowest BCUT2D eigenvalue weighted by molar-refractivity contribution is 0.336. The Morgan fingerprint density at radius 1 is 1.30 bits per heavy atom. The second-order valence-electron chi connectivity index (χ2n) is 5.91. The summed E-state index contributed by atoms with van der Waals surface area (Å²) in [4.78, 5) is 0. The number of nitrogens with zero attached hydrogens (tertiary/aromatic N) is 2. The van der Waals surface area contributed by atoms with E-state index in [1.165, 1.54) is 11.3 Å². The van der Waals surface area contributed by atoms with Crippen molar-refractivity contribution in [2.45, 2.75) is 38.6 Å². The third-order valence-electron chi connectivity index (χ3n) is 4.10. The molecule has 0 fully saturated rings. The van der Waals surface area contributed by atoms with Gasteiger partial charge < -0.3 is 0 Å². The summed E-state index contributed by atoms with van der Waals surface area (Å²) in [5.74, 6) is 5.82. The van der Waals surface area contributed by atoms with Crippen LogP contribution in [-0.4, -0.2) is 15.8 Å². The molecule has 0 aliphatic rings. The zero-order chi connectivity index (χ0) is 14.8. The van der Waals surface area contributed by atoms with Crippen LogP contribution in [0.3, 0.4) is 0 Å². The Hall–Kier alpha value is -1.65. The van der Waals surface area contributed by atoms with Gasteiger partial charge in [-0.1, -0.05) is 44.2 Å². The van der Waals surface area contributed by atoms with Crippen LogP contribution in [0.4, 0.5) is 0 Å². The molecule has 4 nitrogen and oxygen atoms in total. The van der Waals surface area contributed by atoms with Gasteiger partial charge >= 0.3 is 0 Å². The van der Waals surface area contributed by atoms with Gasteiger partial charge in [0.1, 0.15) is 0 Å². The zero-order valence-electron chi connectivity index (χ0n) is 12.7. The second-order valence-corrected chi connectivity index (χ2v) is 5.91. The number of hydrazine groups is 1. The van der Waals surface area contributed by atoms with Crippen molar-refractivity contribution in [1.82, 2.24) is 15.2 Å². The Kier molecular flexibility index (Phi) is 4.26. The number of hydrogen-bond donors (Lipinski definition) is 2. The smallest absolute Gasteiger partial charge is 0.0596 e. The second kappa shape index (κ2) is 5.77. The molecule has 0 amide bonds. The predicted octanol–water partition coefficient (Wildman–Crippen LogP) is 2.08. The van der Waals surface area contributed by atoms with E-state index in [9.17, 15) is 0 Å². The standard InChI is InChI=1S/C16H24N4/c1-12-10-14(20(4)19-12)11-15(18-17)16(2,3)13-8-6-5-7-9-13/h5-10,15,18H,11,17H2,1-4H3.